The molecule has 0 atom stereocenters. The number of hydrogen-bond donors (Lipinski definition) is 0. The first-order valence-corrected chi connectivity index (χ1v) is 13.3. The van der Waals surface area contributed by atoms with Crippen molar-refractivity contribution in [2.45, 2.75) is 77.2 Å². The molecule has 0 N–H and O–H groups in total. The Labute approximate surface area is 202 Å². The molecular weight excluding hydrogens is 400 g/mol. The maximum atomic E-state index is 5.54. The first-order valence-electron chi connectivity index (χ1n) is 13.3. The molecule has 0 spiro atoms. The van der Waals surface area contributed by atoms with E-state index in [1.54, 1.807) is 11.6 Å². The van der Waals surface area contributed by atoms with Crippen LogP contribution in [-0.2, 0) is 11.3 Å². The molecule has 0 radical (unpaired) electrons. The van der Waals surface area contributed by atoms with Crippen LogP contribution in [0.1, 0.15) is 81.8 Å². The predicted molar refractivity (Wildman–Crippen MR) is 141 cm³/mol. The molecule has 0 heterocycles. The third-order valence-electron chi connectivity index (χ3n) is 8.21. The molecule has 0 amide bonds. The van der Waals surface area contributed by atoms with Gasteiger partial charge in [-0.2, -0.15) is 0 Å². The van der Waals surface area contributed by atoms with Crippen molar-refractivity contribution in [2.24, 2.45) is 17.8 Å². The lowest BCUT2D eigenvalue weighted by atomic mass is 9.68. The minimum Gasteiger partial charge on any atom is -0.373 e. The largest absolute Gasteiger partial charge is 0.373 e. The van der Waals surface area contributed by atoms with E-state index in [0.717, 1.165) is 23.7 Å². The molecule has 2 aliphatic carbocycles. The van der Waals surface area contributed by atoms with E-state index in [1.165, 1.54) is 74.5 Å². The average Bonchev–Trinajstić information content (AvgIpc) is 2.89. The van der Waals surface area contributed by atoms with Crippen molar-refractivity contribution >= 4 is 0 Å². The van der Waals surface area contributed by atoms with Crippen molar-refractivity contribution in [2.75, 3.05) is 6.61 Å². The Kier molecular flexibility index (Phi) is 9.01. The number of ether oxygens (including phenoxy) is 1. The number of allylic oxidation sites excluding steroid dienone is 2. The summed E-state index contributed by atoms with van der Waals surface area (Å²) in [5.41, 5.74) is 5.34. The van der Waals surface area contributed by atoms with Gasteiger partial charge in [0.1, 0.15) is 0 Å². The zero-order chi connectivity index (χ0) is 22.9. The molecule has 2 aliphatic rings. The Balaban J connectivity index is 1.25. The maximum Gasteiger partial charge on any atom is 0.0721 e. The second kappa shape index (κ2) is 12.4. The predicted octanol–water partition coefficient (Wildman–Crippen LogP) is 9.10. The van der Waals surface area contributed by atoms with Crippen molar-refractivity contribution < 1.29 is 4.74 Å². The van der Waals surface area contributed by atoms with Crippen molar-refractivity contribution in [3.8, 4) is 11.1 Å². The molecule has 4 rings (SSSR count). The quantitative estimate of drug-likeness (QED) is 0.278. The highest BCUT2D eigenvalue weighted by Gasteiger charge is 2.31. The van der Waals surface area contributed by atoms with Gasteiger partial charge in [-0.05, 0) is 111 Å². The maximum absolute atomic E-state index is 5.54. The van der Waals surface area contributed by atoms with Crippen LogP contribution in [-0.4, -0.2) is 6.61 Å². The van der Waals surface area contributed by atoms with Crippen LogP contribution in [0.4, 0.5) is 0 Å². The Morgan fingerprint density at radius 3 is 1.94 bits per heavy atom. The van der Waals surface area contributed by atoms with Crippen molar-refractivity contribution in [1.82, 2.24) is 0 Å². The molecular formula is C32H42O. The standard InChI is InChI=1S/C32H42O/c1-3-5-6-25-7-11-27(12-8-25)29-15-19-31(20-16-29)32-21-17-30(18-22-32)28-13-9-26(10-14-28)24-33-23-4-2/h3-5,9-10,13-14,17-18,21-22,25,27,29,31H,2,6-8,11-12,15-16,19-20,23-24H2,1H3/t25-,27-,29-,31-. The summed E-state index contributed by atoms with van der Waals surface area (Å²) in [5, 5.41) is 0. The van der Waals surface area contributed by atoms with Crippen molar-refractivity contribution in [3.05, 3.63) is 84.5 Å². The summed E-state index contributed by atoms with van der Waals surface area (Å²) in [6.45, 7) is 7.09. The van der Waals surface area contributed by atoms with E-state index in [2.05, 4.69) is 74.2 Å². The van der Waals surface area contributed by atoms with Gasteiger partial charge in [0.2, 0.25) is 0 Å². The van der Waals surface area contributed by atoms with Crippen LogP contribution in [0, 0.1) is 17.8 Å². The molecule has 1 heteroatoms. The highest BCUT2D eigenvalue weighted by atomic mass is 16.5. The van der Waals surface area contributed by atoms with Gasteiger partial charge in [-0.25, -0.2) is 0 Å². The van der Waals surface area contributed by atoms with Crippen LogP contribution < -0.4 is 0 Å². The summed E-state index contributed by atoms with van der Waals surface area (Å²) >= 11 is 0. The number of rotatable bonds is 9. The normalized spacial score (nSPS) is 25.8. The lowest BCUT2D eigenvalue weighted by Crippen LogP contribution is -2.25. The van der Waals surface area contributed by atoms with Crippen LogP contribution in [0.25, 0.3) is 11.1 Å². The molecule has 33 heavy (non-hydrogen) atoms. The fraction of sp³-hybridized carbons (Fsp3) is 0.500. The number of benzene rings is 2. The smallest absolute Gasteiger partial charge is 0.0721 e. The molecule has 0 aromatic heterocycles. The lowest BCUT2D eigenvalue weighted by molar-refractivity contribution is 0.149. The lowest BCUT2D eigenvalue weighted by Gasteiger charge is -2.38. The van der Waals surface area contributed by atoms with E-state index in [1.807, 2.05) is 0 Å². The first-order chi connectivity index (χ1) is 16.3. The summed E-state index contributed by atoms with van der Waals surface area (Å²) in [7, 11) is 0. The molecule has 0 saturated heterocycles. The van der Waals surface area contributed by atoms with Gasteiger partial charge >= 0.3 is 0 Å². The third kappa shape index (κ3) is 6.70. The van der Waals surface area contributed by atoms with Gasteiger partial charge in [-0.15, -0.1) is 6.58 Å². The first kappa shape index (κ1) is 24.0. The van der Waals surface area contributed by atoms with Crippen LogP contribution >= 0.6 is 0 Å². The van der Waals surface area contributed by atoms with E-state index >= 15 is 0 Å². The summed E-state index contributed by atoms with van der Waals surface area (Å²) in [6.07, 6.45) is 19.2. The Hall–Kier alpha value is -2.12. The van der Waals surface area contributed by atoms with E-state index < -0.39 is 0 Å². The topological polar surface area (TPSA) is 9.23 Å². The average molecular weight is 443 g/mol. The Morgan fingerprint density at radius 2 is 1.36 bits per heavy atom. The summed E-state index contributed by atoms with van der Waals surface area (Å²) in [4.78, 5) is 0. The van der Waals surface area contributed by atoms with Gasteiger partial charge in [0.15, 0.2) is 0 Å². The second-order valence-electron chi connectivity index (χ2n) is 10.3. The molecule has 2 saturated carbocycles. The molecule has 0 unspecified atom stereocenters. The van der Waals surface area contributed by atoms with E-state index in [9.17, 15) is 0 Å². The van der Waals surface area contributed by atoms with Gasteiger partial charge in [0.25, 0.3) is 0 Å². The van der Waals surface area contributed by atoms with Gasteiger partial charge in [0.05, 0.1) is 13.2 Å². The van der Waals surface area contributed by atoms with E-state index in [0.29, 0.717) is 13.2 Å². The molecule has 176 valence electrons. The van der Waals surface area contributed by atoms with E-state index in [4.69, 9.17) is 4.74 Å². The second-order valence-corrected chi connectivity index (χ2v) is 10.3. The molecule has 2 aromatic rings. The monoisotopic (exact) mass is 442 g/mol. The highest BCUT2D eigenvalue weighted by Crippen LogP contribution is 2.44. The molecule has 0 aliphatic heterocycles. The molecule has 2 aromatic carbocycles. The molecule has 1 nitrogen and oxygen atoms in total. The SMILES string of the molecule is C=CCOCc1ccc(-c2ccc([C@H]3CC[C@H]([C@H]4CC[C@H](CC=CC)CC4)CC3)cc2)cc1. The van der Waals surface area contributed by atoms with Gasteiger partial charge < -0.3 is 4.74 Å². The highest BCUT2D eigenvalue weighted by molar-refractivity contribution is 5.64. The van der Waals surface area contributed by atoms with Gasteiger partial charge in [-0.1, -0.05) is 66.8 Å². The third-order valence-corrected chi connectivity index (χ3v) is 8.21. The van der Waals surface area contributed by atoms with Crippen LogP contribution in [0.15, 0.2) is 73.3 Å². The van der Waals surface area contributed by atoms with E-state index in [-0.39, 0.29) is 0 Å². The van der Waals surface area contributed by atoms with Gasteiger partial charge in [0, 0.05) is 0 Å². The summed E-state index contributed by atoms with van der Waals surface area (Å²) in [5.74, 6) is 3.69. The summed E-state index contributed by atoms with van der Waals surface area (Å²) in [6, 6.07) is 18.2. The zero-order valence-electron chi connectivity index (χ0n) is 20.6. The summed E-state index contributed by atoms with van der Waals surface area (Å²) < 4.78 is 5.54. The van der Waals surface area contributed by atoms with Crippen LogP contribution in [0.2, 0.25) is 0 Å². The van der Waals surface area contributed by atoms with Crippen molar-refractivity contribution in [3.63, 3.8) is 0 Å². The fourth-order valence-corrected chi connectivity index (χ4v) is 6.15. The van der Waals surface area contributed by atoms with Crippen LogP contribution in [0.3, 0.4) is 0 Å². The molecule has 0 bridgehead atoms. The minimum absolute atomic E-state index is 0.600. The Morgan fingerprint density at radius 1 is 0.788 bits per heavy atom. The molecule has 2 fully saturated rings. The Bertz CT molecular complexity index is 860. The van der Waals surface area contributed by atoms with Crippen LogP contribution in [0.5, 0.6) is 0 Å². The minimum atomic E-state index is 0.600. The van der Waals surface area contributed by atoms with Gasteiger partial charge in [-0.3, -0.25) is 0 Å². The van der Waals surface area contributed by atoms with Crippen molar-refractivity contribution in [1.29, 1.82) is 0 Å². The fourth-order valence-electron chi connectivity index (χ4n) is 6.15. The number of hydrogen-bond acceptors (Lipinski definition) is 1. The zero-order valence-corrected chi connectivity index (χ0v) is 20.6.